The van der Waals surface area contributed by atoms with Crippen molar-refractivity contribution in [1.82, 2.24) is 19.9 Å². The Bertz CT molecular complexity index is 1660. The molecule has 9 nitrogen and oxygen atoms in total. The van der Waals surface area contributed by atoms with Crippen molar-refractivity contribution in [1.29, 1.82) is 0 Å². The predicted molar refractivity (Wildman–Crippen MR) is 171 cm³/mol. The van der Waals surface area contributed by atoms with E-state index in [4.69, 9.17) is 4.74 Å². The van der Waals surface area contributed by atoms with Gasteiger partial charge in [-0.05, 0) is 74.5 Å². The van der Waals surface area contributed by atoms with Gasteiger partial charge in [0.2, 0.25) is 0 Å². The summed E-state index contributed by atoms with van der Waals surface area (Å²) < 4.78 is 6.22. The summed E-state index contributed by atoms with van der Waals surface area (Å²) in [6.07, 6.45) is 7.58. The van der Waals surface area contributed by atoms with Gasteiger partial charge < -0.3 is 30.5 Å². The van der Waals surface area contributed by atoms with Crippen LogP contribution in [0.25, 0.3) is 21.8 Å². The third kappa shape index (κ3) is 7.24. The second-order valence-electron chi connectivity index (χ2n) is 11.2. The van der Waals surface area contributed by atoms with E-state index in [1.165, 1.54) is 11.6 Å². The van der Waals surface area contributed by atoms with E-state index >= 15 is 0 Å². The molecule has 0 aliphatic carbocycles. The van der Waals surface area contributed by atoms with E-state index in [0.29, 0.717) is 18.0 Å². The second kappa shape index (κ2) is 13.6. The Balaban J connectivity index is 0.935. The zero-order valence-electron chi connectivity index (χ0n) is 24.2. The molecule has 0 bridgehead atoms. The van der Waals surface area contributed by atoms with Crippen LogP contribution < -0.4 is 15.4 Å². The van der Waals surface area contributed by atoms with Gasteiger partial charge in [0.1, 0.15) is 17.9 Å². The molecule has 4 N–H and O–H groups in total. The molecule has 1 fully saturated rings. The fraction of sp³-hybridized carbons (Fsp3) is 0.324. The maximum atomic E-state index is 9.90. The number of likely N-dealkylation sites (tertiary alicyclic amines) is 1. The van der Waals surface area contributed by atoms with Crippen LogP contribution in [-0.4, -0.2) is 69.4 Å². The van der Waals surface area contributed by atoms with Gasteiger partial charge in [-0.2, -0.15) is 0 Å². The van der Waals surface area contributed by atoms with E-state index < -0.39 is 0 Å². The van der Waals surface area contributed by atoms with Gasteiger partial charge in [0.05, 0.1) is 17.6 Å². The lowest BCUT2D eigenvalue weighted by molar-refractivity contribution is 0.145. The first-order valence-electron chi connectivity index (χ1n) is 15.0. The number of nitrogens with zero attached hydrogens (tertiary/aromatic N) is 4. The number of pyridine rings is 1. The third-order valence-corrected chi connectivity index (χ3v) is 8.16. The minimum Gasteiger partial charge on any atom is -0.504 e. The molecule has 0 radical (unpaired) electrons. The van der Waals surface area contributed by atoms with Gasteiger partial charge in [-0.1, -0.05) is 30.3 Å². The molecule has 0 unspecified atom stereocenters. The topological polar surface area (TPSA) is 116 Å². The van der Waals surface area contributed by atoms with Crippen molar-refractivity contribution in [3.05, 3.63) is 84.8 Å². The Labute approximate surface area is 251 Å². The van der Waals surface area contributed by atoms with Gasteiger partial charge in [0.15, 0.2) is 11.5 Å². The highest BCUT2D eigenvalue weighted by molar-refractivity contribution is 5.93. The van der Waals surface area contributed by atoms with Gasteiger partial charge in [-0.25, -0.2) is 9.97 Å². The summed E-state index contributed by atoms with van der Waals surface area (Å²) in [6.45, 7) is 5.33. The summed E-state index contributed by atoms with van der Waals surface area (Å²) in [5.41, 5.74) is 3.78. The summed E-state index contributed by atoms with van der Waals surface area (Å²) >= 11 is 0. The van der Waals surface area contributed by atoms with Crippen molar-refractivity contribution in [3.63, 3.8) is 0 Å². The highest BCUT2D eigenvalue weighted by atomic mass is 16.5. The second-order valence-corrected chi connectivity index (χ2v) is 11.2. The lowest BCUT2D eigenvalue weighted by Crippen LogP contribution is -2.38. The largest absolute Gasteiger partial charge is 0.504 e. The number of hydrogen-bond donors (Lipinski definition) is 4. The molecule has 1 saturated heterocycles. The number of phenolic OH excluding ortho intramolecular Hbond substituents is 2. The molecule has 222 valence electrons. The Morgan fingerprint density at radius 1 is 0.814 bits per heavy atom. The molecule has 2 aromatic heterocycles. The highest BCUT2D eigenvalue weighted by Crippen LogP contribution is 2.32. The maximum absolute atomic E-state index is 9.90. The summed E-state index contributed by atoms with van der Waals surface area (Å²) in [4.78, 5) is 15.7. The van der Waals surface area contributed by atoms with Crippen molar-refractivity contribution >= 4 is 33.3 Å². The lowest BCUT2D eigenvalue weighted by Gasteiger charge is -2.32. The molecule has 9 heteroatoms. The van der Waals surface area contributed by atoms with E-state index in [2.05, 4.69) is 60.8 Å². The van der Waals surface area contributed by atoms with Crippen molar-refractivity contribution in [2.75, 3.05) is 50.0 Å². The Hall–Kier alpha value is -4.63. The normalized spacial score (nSPS) is 14.2. The van der Waals surface area contributed by atoms with Crippen LogP contribution in [0.1, 0.15) is 24.8 Å². The average molecular weight is 579 g/mol. The fourth-order valence-electron chi connectivity index (χ4n) is 5.68. The monoisotopic (exact) mass is 578 g/mol. The Morgan fingerprint density at radius 2 is 1.63 bits per heavy atom. The van der Waals surface area contributed by atoms with Crippen LogP contribution in [0.4, 0.5) is 11.5 Å². The fourth-order valence-corrected chi connectivity index (χ4v) is 5.68. The molecule has 0 spiro atoms. The van der Waals surface area contributed by atoms with Crippen LogP contribution in [0.2, 0.25) is 0 Å². The molecule has 3 heterocycles. The molecule has 1 aliphatic heterocycles. The minimum absolute atomic E-state index is 0.142. The van der Waals surface area contributed by atoms with Crippen molar-refractivity contribution in [3.8, 4) is 17.2 Å². The number of rotatable bonds is 12. The number of benzene rings is 3. The predicted octanol–water partition coefficient (Wildman–Crippen LogP) is 5.84. The number of fused-ring (bicyclic) bond motifs is 2. The van der Waals surface area contributed by atoms with E-state index in [0.717, 1.165) is 92.0 Å². The summed E-state index contributed by atoms with van der Waals surface area (Å²) in [5, 5.41) is 28.4. The standard InChI is InChI=1S/C34H38N6O3/c41-32-20-28-29(10-14-35-31(28)21-33(32)42)36-15-18-40-16-11-25(12-17-40)22-43-26-8-9-27-30(19-26)38-23-39-34(27)37-13-4-7-24-5-2-1-3-6-24/h1-3,5-6,8-10,14,19-21,23,25,41-42H,4,7,11-13,15-18,22H2,(H,35,36)(H,37,38,39). The Morgan fingerprint density at radius 3 is 2.49 bits per heavy atom. The van der Waals surface area contributed by atoms with Crippen LogP contribution >= 0.6 is 0 Å². The molecule has 1 aliphatic rings. The van der Waals surface area contributed by atoms with Gasteiger partial charge in [-0.3, -0.25) is 4.98 Å². The number of phenols is 2. The third-order valence-electron chi connectivity index (χ3n) is 8.16. The molecular formula is C34H38N6O3. The van der Waals surface area contributed by atoms with Crippen LogP contribution in [-0.2, 0) is 6.42 Å². The van der Waals surface area contributed by atoms with Crippen LogP contribution in [0, 0.1) is 5.92 Å². The number of aromatic nitrogens is 3. The van der Waals surface area contributed by atoms with Gasteiger partial charge in [-0.15, -0.1) is 0 Å². The van der Waals surface area contributed by atoms with Crippen LogP contribution in [0.15, 0.2) is 79.3 Å². The zero-order chi connectivity index (χ0) is 29.4. The number of nitrogens with one attached hydrogen (secondary N) is 2. The first kappa shape index (κ1) is 28.5. The van der Waals surface area contributed by atoms with E-state index in [-0.39, 0.29) is 11.5 Å². The SMILES string of the molecule is Oc1cc2nccc(NCCN3CCC(COc4ccc5c(NCCCc6ccccc6)ncnc5c4)CC3)c2cc1O. The van der Waals surface area contributed by atoms with Crippen molar-refractivity contribution in [2.24, 2.45) is 5.92 Å². The number of aryl methyl sites for hydroxylation is 1. The molecule has 43 heavy (non-hydrogen) atoms. The summed E-state index contributed by atoms with van der Waals surface area (Å²) in [6, 6.07) is 21.6. The first-order chi connectivity index (χ1) is 21.1. The molecule has 0 atom stereocenters. The average Bonchev–Trinajstić information content (AvgIpc) is 3.04. The smallest absolute Gasteiger partial charge is 0.159 e. The maximum Gasteiger partial charge on any atom is 0.159 e. The van der Waals surface area contributed by atoms with E-state index in [1.54, 1.807) is 18.6 Å². The molecule has 5 aromatic rings. The Kier molecular flexibility index (Phi) is 8.99. The summed E-state index contributed by atoms with van der Waals surface area (Å²) in [5.74, 6) is 1.92. The molecular weight excluding hydrogens is 540 g/mol. The lowest BCUT2D eigenvalue weighted by atomic mass is 9.98. The summed E-state index contributed by atoms with van der Waals surface area (Å²) in [7, 11) is 0. The number of anilines is 2. The van der Waals surface area contributed by atoms with E-state index in [1.807, 2.05) is 24.3 Å². The number of ether oxygens (including phenoxy) is 1. The number of aromatic hydroxyl groups is 2. The number of hydrogen-bond acceptors (Lipinski definition) is 9. The van der Waals surface area contributed by atoms with Gasteiger partial charge in [0.25, 0.3) is 0 Å². The quantitative estimate of drug-likeness (QED) is 0.107. The van der Waals surface area contributed by atoms with Gasteiger partial charge >= 0.3 is 0 Å². The molecule has 3 aromatic carbocycles. The highest BCUT2D eigenvalue weighted by Gasteiger charge is 2.20. The van der Waals surface area contributed by atoms with Gasteiger partial charge in [0, 0.05) is 54.4 Å². The number of piperidine rings is 1. The van der Waals surface area contributed by atoms with Crippen LogP contribution in [0.5, 0.6) is 17.2 Å². The first-order valence-corrected chi connectivity index (χ1v) is 15.0. The minimum atomic E-state index is -0.161. The molecule has 0 amide bonds. The molecule has 6 rings (SSSR count). The van der Waals surface area contributed by atoms with Crippen molar-refractivity contribution in [2.45, 2.75) is 25.7 Å². The molecule has 0 saturated carbocycles. The van der Waals surface area contributed by atoms with Crippen LogP contribution in [0.3, 0.4) is 0 Å². The zero-order valence-corrected chi connectivity index (χ0v) is 24.2. The van der Waals surface area contributed by atoms with E-state index in [9.17, 15) is 10.2 Å². The van der Waals surface area contributed by atoms with Crippen molar-refractivity contribution < 1.29 is 14.9 Å².